The number of halogens is 2. The lowest BCUT2D eigenvalue weighted by Gasteiger charge is -2.32. The van der Waals surface area contributed by atoms with Crippen molar-refractivity contribution in [1.29, 1.82) is 0 Å². The van der Waals surface area contributed by atoms with E-state index in [1.165, 1.54) is 12.0 Å². The number of carbonyl (C=O) groups excluding carboxylic acids is 1. The Morgan fingerprint density at radius 2 is 1.84 bits per heavy atom. The van der Waals surface area contributed by atoms with Crippen LogP contribution in [0.4, 0.5) is 0 Å². The number of amides is 1. The van der Waals surface area contributed by atoms with E-state index in [1.54, 1.807) is 0 Å². The molecule has 0 saturated carbocycles. The molecule has 0 aromatic heterocycles. The van der Waals surface area contributed by atoms with Crippen LogP contribution in [0.3, 0.4) is 0 Å². The maximum Gasteiger partial charge on any atom is 0.220 e. The summed E-state index contributed by atoms with van der Waals surface area (Å²) in [4.78, 5) is 14.6. The Kier molecular flexibility index (Phi) is 10.4. The second-order valence-corrected chi connectivity index (χ2v) is 7.00. The van der Waals surface area contributed by atoms with Gasteiger partial charge in [0, 0.05) is 32.1 Å². The Bertz CT molecular complexity index is 487. The molecule has 4 nitrogen and oxygen atoms in total. The normalized spacial score (nSPS) is 21.2. The molecule has 0 bridgehead atoms. The van der Waals surface area contributed by atoms with Crippen molar-refractivity contribution in [3.63, 3.8) is 0 Å². The molecule has 0 spiro atoms. The molecule has 1 atom stereocenters. The maximum atomic E-state index is 12.1. The fraction of sp³-hybridized carbons (Fsp3) is 0.632. The summed E-state index contributed by atoms with van der Waals surface area (Å²) >= 11 is 0. The lowest BCUT2D eigenvalue weighted by molar-refractivity contribution is -0.122. The number of carbonyl (C=O) groups is 1. The van der Waals surface area contributed by atoms with E-state index >= 15 is 0 Å². The predicted octanol–water partition coefficient (Wildman–Crippen LogP) is 3.00. The van der Waals surface area contributed by atoms with Gasteiger partial charge in [0.15, 0.2) is 0 Å². The van der Waals surface area contributed by atoms with Gasteiger partial charge in [0.2, 0.25) is 5.91 Å². The van der Waals surface area contributed by atoms with Crippen LogP contribution in [-0.4, -0.2) is 43.0 Å². The van der Waals surface area contributed by atoms with Crippen molar-refractivity contribution in [1.82, 2.24) is 15.5 Å². The molecule has 2 aliphatic rings. The van der Waals surface area contributed by atoms with Crippen molar-refractivity contribution in [2.75, 3.05) is 26.2 Å². The van der Waals surface area contributed by atoms with Gasteiger partial charge in [-0.15, -0.1) is 24.8 Å². The minimum atomic E-state index is 0. The fourth-order valence-corrected chi connectivity index (χ4v) is 3.67. The number of nitrogens with one attached hydrogen (secondary N) is 2. The van der Waals surface area contributed by atoms with Gasteiger partial charge in [-0.3, -0.25) is 9.69 Å². The first-order valence-electron chi connectivity index (χ1n) is 9.06. The summed E-state index contributed by atoms with van der Waals surface area (Å²) in [5.41, 5.74) is 1.38. The highest BCUT2D eigenvalue weighted by molar-refractivity contribution is 5.85. The van der Waals surface area contributed by atoms with Crippen LogP contribution in [0.2, 0.25) is 0 Å². The SMILES string of the molecule is Cl.Cl.O=C(CCC1CCNC1)NC1CCN(Cc2ccccc2)CC1. The molecule has 2 heterocycles. The number of hydrogen-bond acceptors (Lipinski definition) is 3. The molecule has 1 amide bonds. The Labute approximate surface area is 163 Å². The summed E-state index contributed by atoms with van der Waals surface area (Å²) in [6.07, 6.45) is 5.10. The Morgan fingerprint density at radius 1 is 1.12 bits per heavy atom. The smallest absolute Gasteiger partial charge is 0.220 e. The van der Waals surface area contributed by atoms with E-state index in [0.29, 0.717) is 18.4 Å². The second kappa shape index (κ2) is 11.7. The van der Waals surface area contributed by atoms with Crippen LogP contribution in [0.1, 0.15) is 37.7 Å². The van der Waals surface area contributed by atoms with Crippen LogP contribution in [0.25, 0.3) is 0 Å². The standard InChI is InChI=1S/C19H29N3O.2ClH/c23-19(7-6-16-8-11-20-14-16)21-18-9-12-22(13-10-18)15-17-4-2-1-3-5-17;;/h1-5,16,18,20H,6-15H2,(H,21,23);2*1H. The molecule has 3 rings (SSSR count). The molecule has 2 saturated heterocycles. The van der Waals surface area contributed by atoms with Crippen LogP contribution in [-0.2, 0) is 11.3 Å². The third-order valence-corrected chi connectivity index (χ3v) is 5.14. The molecule has 25 heavy (non-hydrogen) atoms. The molecular weight excluding hydrogens is 357 g/mol. The molecule has 0 radical (unpaired) electrons. The van der Waals surface area contributed by atoms with E-state index in [2.05, 4.69) is 45.9 Å². The summed E-state index contributed by atoms with van der Waals surface area (Å²) < 4.78 is 0. The van der Waals surface area contributed by atoms with Gasteiger partial charge in [0.1, 0.15) is 0 Å². The van der Waals surface area contributed by atoms with Gasteiger partial charge >= 0.3 is 0 Å². The number of hydrogen-bond donors (Lipinski definition) is 2. The van der Waals surface area contributed by atoms with Crippen LogP contribution in [0.15, 0.2) is 30.3 Å². The Balaban J connectivity index is 0.00000156. The summed E-state index contributed by atoms with van der Waals surface area (Å²) in [7, 11) is 0. The van der Waals surface area contributed by atoms with Crippen LogP contribution >= 0.6 is 24.8 Å². The monoisotopic (exact) mass is 387 g/mol. The van der Waals surface area contributed by atoms with Crippen molar-refractivity contribution < 1.29 is 4.79 Å². The second-order valence-electron chi connectivity index (χ2n) is 7.00. The van der Waals surface area contributed by atoms with Crippen LogP contribution in [0.5, 0.6) is 0 Å². The molecule has 2 N–H and O–H groups in total. The van der Waals surface area contributed by atoms with E-state index in [9.17, 15) is 4.79 Å². The minimum Gasteiger partial charge on any atom is -0.353 e. The topological polar surface area (TPSA) is 44.4 Å². The zero-order valence-corrected chi connectivity index (χ0v) is 16.4. The number of nitrogens with zero attached hydrogens (tertiary/aromatic N) is 1. The van der Waals surface area contributed by atoms with E-state index in [1.807, 2.05) is 0 Å². The maximum absolute atomic E-state index is 12.1. The molecule has 1 unspecified atom stereocenters. The first-order chi connectivity index (χ1) is 11.3. The highest BCUT2D eigenvalue weighted by Crippen LogP contribution is 2.16. The Hall–Kier alpha value is -0.810. The van der Waals surface area contributed by atoms with E-state index in [-0.39, 0.29) is 30.7 Å². The quantitative estimate of drug-likeness (QED) is 0.788. The van der Waals surface area contributed by atoms with Gasteiger partial charge in [-0.25, -0.2) is 0 Å². The first-order valence-corrected chi connectivity index (χ1v) is 9.06. The molecule has 0 aliphatic carbocycles. The fourth-order valence-electron chi connectivity index (χ4n) is 3.67. The van der Waals surface area contributed by atoms with Crippen molar-refractivity contribution in [3.8, 4) is 0 Å². The third kappa shape index (κ3) is 7.53. The van der Waals surface area contributed by atoms with E-state index in [0.717, 1.165) is 52.0 Å². The molecule has 2 aliphatic heterocycles. The van der Waals surface area contributed by atoms with Crippen molar-refractivity contribution >= 4 is 30.7 Å². The van der Waals surface area contributed by atoms with Gasteiger partial charge in [0.05, 0.1) is 0 Å². The number of likely N-dealkylation sites (tertiary alicyclic amines) is 1. The van der Waals surface area contributed by atoms with Crippen molar-refractivity contribution in [2.45, 2.75) is 44.7 Å². The predicted molar refractivity (Wildman–Crippen MR) is 108 cm³/mol. The van der Waals surface area contributed by atoms with Gasteiger partial charge in [-0.1, -0.05) is 30.3 Å². The Morgan fingerprint density at radius 3 is 2.48 bits per heavy atom. The summed E-state index contributed by atoms with van der Waals surface area (Å²) in [5, 5.41) is 6.61. The third-order valence-electron chi connectivity index (χ3n) is 5.14. The highest BCUT2D eigenvalue weighted by Gasteiger charge is 2.21. The number of rotatable bonds is 6. The van der Waals surface area contributed by atoms with Gasteiger partial charge in [0.25, 0.3) is 0 Å². The van der Waals surface area contributed by atoms with Crippen LogP contribution in [0, 0.1) is 5.92 Å². The molecule has 142 valence electrons. The largest absolute Gasteiger partial charge is 0.353 e. The number of benzene rings is 1. The zero-order chi connectivity index (χ0) is 15.9. The average molecular weight is 388 g/mol. The van der Waals surface area contributed by atoms with Gasteiger partial charge in [-0.05, 0) is 50.3 Å². The van der Waals surface area contributed by atoms with Crippen molar-refractivity contribution in [3.05, 3.63) is 35.9 Å². The van der Waals surface area contributed by atoms with Gasteiger partial charge in [-0.2, -0.15) is 0 Å². The molecular formula is C19H31Cl2N3O. The summed E-state index contributed by atoms with van der Waals surface area (Å²) in [6.45, 7) is 5.38. The van der Waals surface area contributed by atoms with Crippen LogP contribution < -0.4 is 10.6 Å². The van der Waals surface area contributed by atoms with E-state index in [4.69, 9.17) is 0 Å². The molecule has 2 fully saturated rings. The summed E-state index contributed by atoms with van der Waals surface area (Å²) in [5.74, 6) is 0.951. The average Bonchev–Trinajstić information content (AvgIpc) is 3.09. The lowest BCUT2D eigenvalue weighted by Crippen LogP contribution is -2.44. The van der Waals surface area contributed by atoms with Gasteiger partial charge < -0.3 is 10.6 Å². The number of piperidine rings is 1. The molecule has 1 aromatic carbocycles. The zero-order valence-electron chi connectivity index (χ0n) is 14.8. The molecule has 6 heteroatoms. The minimum absolute atomic E-state index is 0. The van der Waals surface area contributed by atoms with Crippen molar-refractivity contribution in [2.24, 2.45) is 5.92 Å². The highest BCUT2D eigenvalue weighted by atomic mass is 35.5. The summed E-state index contributed by atoms with van der Waals surface area (Å²) in [6, 6.07) is 11.0. The lowest BCUT2D eigenvalue weighted by atomic mass is 10.0. The molecule has 1 aromatic rings. The van der Waals surface area contributed by atoms with E-state index < -0.39 is 0 Å². The first kappa shape index (κ1) is 22.2.